The summed E-state index contributed by atoms with van der Waals surface area (Å²) in [5.74, 6) is -0.630. The maximum Gasteiger partial charge on any atom is 0.340 e. The van der Waals surface area contributed by atoms with Crippen LogP contribution in [0.25, 0.3) is 10.9 Å². The number of amides is 1. The molecule has 25 heavy (non-hydrogen) atoms. The molecule has 0 radical (unpaired) electrons. The molecule has 1 heterocycles. The van der Waals surface area contributed by atoms with E-state index in [0.29, 0.717) is 12.1 Å². The molecule has 0 aliphatic carbocycles. The van der Waals surface area contributed by atoms with Crippen molar-refractivity contribution in [1.29, 1.82) is 0 Å². The van der Waals surface area contributed by atoms with Crippen LogP contribution in [-0.4, -0.2) is 30.0 Å². The highest BCUT2D eigenvalue weighted by atomic mass is 16.5. The third-order valence-electron chi connectivity index (χ3n) is 4.12. The first-order chi connectivity index (χ1) is 12.1. The van der Waals surface area contributed by atoms with Crippen LogP contribution in [0.2, 0.25) is 0 Å². The van der Waals surface area contributed by atoms with Crippen molar-refractivity contribution >= 4 is 22.8 Å². The minimum absolute atomic E-state index is 0.189. The van der Waals surface area contributed by atoms with E-state index >= 15 is 0 Å². The maximum absolute atomic E-state index is 12.2. The number of hydrogen-bond donors (Lipinski definition) is 2. The van der Waals surface area contributed by atoms with Gasteiger partial charge in [-0.1, -0.05) is 55.5 Å². The molecule has 0 spiro atoms. The second kappa shape index (κ2) is 7.66. The Balaban J connectivity index is 1.50. The number of aromatic nitrogens is 1. The quantitative estimate of drug-likeness (QED) is 0.679. The predicted molar refractivity (Wildman–Crippen MR) is 96.4 cm³/mol. The first-order valence-corrected chi connectivity index (χ1v) is 8.20. The first kappa shape index (κ1) is 16.8. The Morgan fingerprint density at radius 2 is 1.80 bits per heavy atom. The normalized spacial score (nSPS) is 11.9. The number of ether oxygens (including phenoxy) is 1. The lowest BCUT2D eigenvalue weighted by Gasteiger charge is -2.13. The van der Waals surface area contributed by atoms with Crippen LogP contribution in [0.1, 0.15) is 28.8 Å². The number of H-pyrrole nitrogens is 1. The number of esters is 1. The fourth-order valence-corrected chi connectivity index (χ4v) is 2.67. The molecule has 5 nitrogen and oxygen atoms in total. The Kier molecular flexibility index (Phi) is 5.14. The average molecular weight is 336 g/mol. The van der Waals surface area contributed by atoms with Crippen LogP contribution in [-0.2, 0) is 9.53 Å². The Morgan fingerprint density at radius 3 is 2.60 bits per heavy atom. The number of para-hydroxylation sites is 1. The van der Waals surface area contributed by atoms with E-state index in [9.17, 15) is 9.59 Å². The van der Waals surface area contributed by atoms with Crippen LogP contribution in [0.15, 0.2) is 60.8 Å². The van der Waals surface area contributed by atoms with Gasteiger partial charge in [-0.3, -0.25) is 4.79 Å². The van der Waals surface area contributed by atoms with Crippen molar-refractivity contribution in [3.63, 3.8) is 0 Å². The number of aromatic amines is 1. The molecule has 0 fully saturated rings. The third kappa shape index (κ3) is 4.07. The van der Waals surface area contributed by atoms with E-state index in [1.807, 2.05) is 61.5 Å². The van der Waals surface area contributed by atoms with Crippen LogP contribution < -0.4 is 5.32 Å². The summed E-state index contributed by atoms with van der Waals surface area (Å²) >= 11 is 0. The van der Waals surface area contributed by atoms with E-state index < -0.39 is 5.97 Å². The molecule has 0 unspecified atom stereocenters. The number of fused-ring (bicyclic) bond motifs is 1. The van der Waals surface area contributed by atoms with Gasteiger partial charge >= 0.3 is 5.97 Å². The number of rotatable bonds is 6. The zero-order chi connectivity index (χ0) is 17.6. The minimum Gasteiger partial charge on any atom is -0.452 e. The molecule has 128 valence electrons. The average Bonchev–Trinajstić information content (AvgIpc) is 3.09. The fraction of sp³-hybridized carbons (Fsp3) is 0.200. The lowest BCUT2D eigenvalue weighted by atomic mass is 10.0. The van der Waals surface area contributed by atoms with E-state index in [0.717, 1.165) is 16.5 Å². The van der Waals surface area contributed by atoms with Crippen LogP contribution in [0.4, 0.5) is 0 Å². The van der Waals surface area contributed by atoms with Gasteiger partial charge in [-0.05, 0) is 17.5 Å². The molecule has 2 aromatic carbocycles. The third-order valence-corrected chi connectivity index (χ3v) is 4.12. The molecule has 2 N–H and O–H groups in total. The highest BCUT2D eigenvalue weighted by Gasteiger charge is 2.15. The van der Waals surface area contributed by atoms with Gasteiger partial charge in [-0.15, -0.1) is 0 Å². The summed E-state index contributed by atoms with van der Waals surface area (Å²) in [6.45, 7) is 2.24. The summed E-state index contributed by atoms with van der Waals surface area (Å²) in [5, 5.41) is 3.58. The van der Waals surface area contributed by atoms with Crippen molar-refractivity contribution in [2.75, 3.05) is 13.2 Å². The second-order valence-corrected chi connectivity index (χ2v) is 5.94. The first-order valence-electron chi connectivity index (χ1n) is 8.20. The monoisotopic (exact) mass is 336 g/mol. The molecule has 0 bridgehead atoms. The van der Waals surface area contributed by atoms with Crippen molar-refractivity contribution in [1.82, 2.24) is 10.3 Å². The van der Waals surface area contributed by atoms with Crippen molar-refractivity contribution in [3.05, 3.63) is 71.9 Å². The lowest BCUT2D eigenvalue weighted by Crippen LogP contribution is -2.31. The largest absolute Gasteiger partial charge is 0.452 e. The molecule has 0 saturated carbocycles. The highest BCUT2D eigenvalue weighted by molar-refractivity contribution is 6.04. The lowest BCUT2D eigenvalue weighted by molar-refractivity contribution is -0.124. The van der Waals surface area contributed by atoms with Crippen LogP contribution >= 0.6 is 0 Å². The summed E-state index contributed by atoms with van der Waals surface area (Å²) in [5.41, 5.74) is 2.44. The van der Waals surface area contributed by atoms with Crippen molar-refractivity contribution in [2.45, 2.75) is 12.8 Å². The Labute approximate surface area is 146 Å². The molecule has 3 aromatic rings. The van der Waals surface area contributed by atoms with Gasteiger partial charge in [-0.25, -0.2) is 4.79 Å². The number of benzene rings is 2. The van der Waals surface area contributed by atoms with Crippen LogP contribution in [0, 0.1) is 0 Å². The summed E-state index contributed by atoms with van der Waals surface area (Å²) in [6, 6.07) is 17.4. The van der Waals surface area contributed by atoms with E-state index in [1.165, 1.54) is 0 Å². The van der Waals surface area contributed by atoms with E-state index in [4.69, 9.17) is 4.74 Å². The summed E-state index contributed by atoms with van der Waals surface area (Å²) in [6.07, 6.45) is 1.60. The van der Waals surface area contributed by atoms with Crippen LogP contribution in [0.3, 0.4) is 0 Å². The molecule has 1 atom stereocenters. The van der Waals surface area contributed by atoms with Crippen molar-refractivity contribution in [3.8, 4) is 0 Å². The SMILES string of the molecule is C[C@@H](CNC(=O)COC(=O)c1c[nH]c2ccccc12)c1ccccc1. The molecular weight excluding hydrogens is 316 g/mol. The Bertz CT molecular complexity index is 871. The Morgan fingerprint density at radius 1 is 1.08 bits per heavy atom. The molecule has 1 aromatic heterocycles. The standard InChI is InChI=1S/C20H20N2O3/c1-14(15-7-3-2-4-8-15)11-22-19(23)13-25-20(24)17-12-21-18-10-6-5-9-16(17)18/h2-10,12,14,21H,11,13H2,1H3,(H,22,23)/t14-/m0/s1. The highest BCUT2D eigenvalue weighted by Crippen LogP contribution is 2.18. The topological polar surface area (TPSA) is 71.2 Å². The van der Waals surface area contributed by atoms with E-state index in [2.05, 4.69) is 10.3 Å². The zero-order valence-electron chi connectivity index (χ0n) is 14.0. The number of nitrogens with one attached hydrogen (secondary N) is 2. The molecular formula is C20H20N2O3. The summed E-state index contributed by atoms with van der Waals surface area (Å²) in [7, 11) is 0. The second-order valence-electron chi connectivity index (χ2n) is 5.94. The zero-order valence-corrected chi connectivity index (χ0v) is 14.0. The number of hydrogen-bond acceptors (Lipinski definition) is 3. The van der Waals surface area contributed by atoms with E-state index in [-0.39, 0.29) is 18.4 Å². The maximum atomic E-state index is 12.2. The fourth-order valence-electron chi connectivity index (χ4n) is 2.67. The van der Waals surface area contributed by atoms with Gasteiger partial charge < -0.3 is 15.0 Å². The molecule has 0 aliphatic heterocycles. The molecule has 0 saturated heterocycles. The summed E-state index contributed by atoms with van der Waals surface area (Å²) in [4.78, 5) is 27.1. The molecule has 1 amide bonds. The number of carbonyl (C=O) groups is 2. The van der Waals surface area contributed by atoms with Gasteiger partial charge in [0.1, 0.15) is 0 Å². The summed E-state index contributed by atoms with van der Waals surface area (Å²) < 4.78 is 5.12. The van der Waals surface area contributed by atoms with Crippen molar-refractivity contribution in [2.24, 2.45) is 0 Å². The van der Waals surface area contributed by atoms with Gasteiger partial charge in [-0.2, -0.15) is 0 Å². The molecule has 0 aliphatic rings. The molecule has 5 heteroatoms. The van der Waals surface area contributed by atoms with Gasteiger partial charge in [0.05, 0.1) is 5.56 Å². The van der Waals surface area contributed by atoms with Crippen molar-refractivity contribution < 1.29 is 14.3 Å². The Hall–Kier alpha value is -3.08. The molecule has 3 rings (SSSR count). The van der Waals surface area contributed by atoms with E-state index in [1.54, 1.807) is 6.20 Å². The van der Waals surface area contributed by atoms with Gasteiger partial charge in [0.15, 0.2) is 6.61 Å². The van der Waals surface area contributed by atoms with Gasteiger partial charge in [0.25, 0.3) is 5.91 Å². The van der Waals surface area contributed by atoms with Gasteiger partial charge in [0, 0.05) is 23.6 Å². The minimum atomic E-state index is -0.510. The predicted octanol–water partition coefficient (Wildman–Crippen LogP) is 3.24. The smallest absolute Gasteiger partial charge is 0.340 e. The van der Waals surface area contributed by atoms with Gasteiger partial charge in [0.2, 0.25) is 0 Å². The van der Waals surface area contributed by atoms with Crippen LogP contribution in [0.5, 0.6) is 0 Å². The number of carbonyl (C=O) groups excluding carboxylic acids is 2.